The van der Waals surface area contributed by atoms with Gasteiger partial charge in [0.05, 0.1) is 18.6 Å². The van der Waals surface area contributed by atoms with E-state index < -0.39 is 50.7 Å². The maximum Gasteiger partial charge on any atom is 0.532 e. The normalized spacial score (nSPS) is 22.9. The van der Waals surface area contributed by atoms with Crippen LogP contribution in [0.3, 0.4) is 0 Å². The molecule has 2 unspecified atom stereocenters. The maximum atomic E-state index is 13.4. The summed E-state index contributed by atoms with van der Waals surface area (Å²) >= 11 is 0. The molecule has 2 aromatic heterocycles. The van der Waals surface area contributed by atoms with Crippen molar-refractivity contribution in [3.05, 3.63) is 55.1 Å². The van der Waals surface area contributed by atoms with Crippen LogP contribution in [-0.2, 0) is 32.7 Å². The quantitative estimate of drug-likeness (QED) is 0.103. The number of nitrogens with zero attached hydrogens (tertiary/aromatic N) is 5. The van der Waals surface area contributed by atoms with Gasteiger partial charge in [0.25, 0.3) is 0 Å². The highest BCUT2D eigenvalue weighted by Crippen LogP contribution is 2.48. The topological polar surface area (TPSA) is 214 Å². The standard InChI is InChI=1S/C29H37N6O10P/c1-16(35(42-13-29(2,3)4)19-12-8-10-17-9-6-7-11-18(17)19)27(38)44-46(39,40)45-28(41-5)23-21(36)22(37)26(43-23)34-15-33-20-24(30)31-14-32-25(20)34/h6-12,14-16,21-23,26,28,36-37H,13H2,1-5H3,(H,39,40)(H2,30,31,32)/t16-,21-,22+,23-,26+,28?/m0/s1. The Balaban J connectivity index is 1.33. The van der Waals surface area contributed by atoms with Crippen molar-refractivity contribution < 1.29 is 47.8 Å². The van der Waals surface area contributed by atoms with Gasteiger partial charge < -0.3 is 29.9 Å². The number of carbonyl (C=O) groups is 1. The molecule has 1 saturated heterocycles. The van der Waals surface area contributed by atoms with E-state index in [1.807, 2.05) is 51.1 Å². The van der Waals surface area contributed by atoms with Crippen LogP contribution in [-0.4, -0.2) is 85.0 Å². The average molecular weight is 661 g/mol. The summed E-state index contributed by atoms with van der Waals surface area (Å²) in [5.74, 6) is -1.05. The predicted molar refractivity (Wildman–Crippen MR) is 165 cm³/mol. The number of aliphatic hydroxyl groups excluding tert-OH is 2. The summed E-state index contributed by atoms with van der Waals surface area (Å²) in [5, 5.41) is 24.6. The molecule has 16 nitrogen and oxygen atoms in total. The molecule has 1 aliphatic heterocycles. The Bertz CT molecular complexity index is 1740. The molecule has 2 aromatic carbocycles. The van der Waals surface area contributed by atoms with Crippen LogP contribution in [0.2, 0.25) is 0 Å². The van der Waals surface area contributed by atoms with E-state index in [0.29, 0.717) is 5.69 Å². The summed E-state index contributed by atoms with van der Waals surface area (Å²) in [5.41, 5.74) is 6.53. The van der Waals surface area contributed by atoms with E-state index in [0.717, 1.165) is 17.9 Å². The molecule has 4 aromatic rings. The van der Waals surface area contributed by atoms with Gasteiger partial charge in [0, 0.05) is 12.5 Å². The van der Waals surface area contributed by atoms with Crippen molar-refractivity contribution in [3.8, 4) is 0 Å². The Kier molecular flexibility index (Phi) is 9.63. The first-order valence-corrected chi connectivity index (χ1v) is 15.8. The third-order valence-electron chi connectivity index (χ3n) is 7.21. The predicted octanol–water partition coefficient (Wildman–Crippen LogP) is 2.69. The van der Waals surface area contributed by atoms with E-state index in [9.17, 15) is 24.5 Å². The highest BCUT2D eigenvalue weighted by Gasteiger charge is 2.51. The van der Waals surface area contributed by atoms with Crippen molar-refractivity contribution in [3.63, 3.8) is 0 Å². The van der Waals surface area contributed by atoms with E-state index in [1.54, 1.807) is 12.1 Å². The van der Waals surface area contributed by atoms with Gasteiger partial charge in [-0.3, -0.25) is 14.3 Å². The molecule has 0 amide bonds. The first kappa shape index (κ1) is 33.6. The highest BCUT2D eigenvalue weighted by atomic mass is 31.2. The van der Waals surface area contributed by atoms with Crippen LogP contribution in [0.4, 0.5) is 11.5 Å². The summed E-state index contributed by atoms with van der Waals surface area (Å²) < 4.78 is 35.6. The summed E-state index contributed by atoms with van der Waals surface area (Å²) in [6, 6.07) is 11.7. The number of aromatic nitrogens is 4. The zero-order valence-electron chi connectivity index (χ0n) is 25.8. The summed E-state index contributed by atoms with van der Waals surface area (Å²) in [6.07, 6.45) is -5.32. The lowest BCUT2D eigenvalue weighted by atomic mass is 9.99. The number of nitrogen functional groups attached to an aromatic ring is 1. The molecule has 46 heavy (non-hydrogen) atoms. The fraction of sp³-hybridized carbons (Fsp3) is 0.448. The van der Waals surface area contributed by atoms with Crippen molar-refractivity contribution in [2.24, 2.45) is 5.41 Å². The van der Waals surface area contributed by atoms with Crippen LogP contribution >= 0.6 is 7.82 Å². The Labute approximate surface area is 264 Å². The van der Waals surface area contributed by atoms with Gasteiger partial charge in [-0.05, 0) is 23.8 Å². The molecule has 5 rings (SSSR count). The number of fused-ring (bicyclic) bond motifs is 2. The SMILES string of the molecule is COC(OP(=O)(O)OC(=O)[C@H](C)N(OCC(C)(C)C)c1cccc2ccccc12)[C@H]1O[C@@H](n2cnc3c(N)ncnc32)[C@H](O)[C@@H]1O. The maximum absolute atomic E-state index is 13.4. The number of methoxy groups -OCH3 is 1. The number of imidazole rings is 1. The molecule has 0 spiro atoms. The first-order valence-electron chi connectivity index (χ1n) is 14.3. The third-order valence-corrected chi connectivity index (χ3v) is 8.10. The van der Waals surface area contributed by atoms with Gasteiger partial charge in [-0.2, -0.15) is 0 Å². The monoisotopic (exact) mass is 660 g/mol. The number of aliphatic hydroxyl groups is 2. The number of anilines is 2. The number of phosphoric acid groups is 1. The lowest BCUT2D eigenvalue weighted by Gasteiger charge is -2.32. The van der Waals surface area contributed by atoms with Gasteiger partial charge in [-0.25, -0.2) is 33.9 Å². The van der Waals surface area contributed by atoms with Crippen LogP contribution in [0, 0.1) is 5.41 Å². The van der Waals surface area contributed by atoms with Gasteiger partial charge >= 0.3 is 13.8 Å². The van der Waals surface area contributed by atoms with Crippen LogP contribution < -0.4 is 10.8 Å². The van der Waals surface area contributed by atoms with E-state index in [1.165, 1.54) is 29.2 Å². The average Bonchev–Trinajstić information content (AvgIpc) is 3.56. The van der Waals surface area contributed by atoms with E-state index in [-0.39, 0.29) is 29.0 Å². The van der Waals surface area contributed by atoms with Gasteiger partial charge in [0.1, 0.15) is 30.2 Å². The molecule has 0 radical (unpaired) electrons. The first-order chi connectivity index (χ1) is 21.7. The van der Waals surface area contributed by atoms with Crippen molar-refractivity contribution in [2.45, 2.75) is 64.6 Å². The zero-order valence-corrected chi connectivity index (χ0v) is 26.7. The van der Waals surface area contributed by atoms with Crippen LogP contribution in [0.25, 0.3) is 21.9 Å². The second-order valence-electron chi connectivity index (χ2n) is 12.0. The molecule has 1 aliphatic rings. The van der Waals surface area contributed by atoms with Gasteiger partial charge in [0.2, 0.25) is 0 Å². The smallest absolute Gasteiger partial charge is 0.387 e. The molecule has 0 bridgehead atoms. The number of nitrogens with two attached hydrogens (primary N) is 1. The Morgan fingerprint density at radius 1 is 1.13 bits per heavy atom. The largest absolute Gasteiger partial charge is 0.532 e. The molecule has 0 aliphatic carbocycles. The molecule has 0 saturated carbocycles. The number of phosphoric ester groups is 1. The van der Waals surface area contributed by atoms with E-state index in [2.05, 4.69) is 15.0 Å². The number of rotatable bonds is 11. The molecule has 17 heteroatoms. The zero-order chi connectivity index (χ0) is 33.4. The van der Waals surface area contributed by atoms with Gasteiger partial charge in [0.15, 0.2) is 30.0 Å². The Hall–Kier alpha value is -3.73. The Morgan fingerprint density at radius 3 is 2.57 bits per heavy atom. The summed E-state index contributed by atoms with van der Waals surface area (Å²) in [6.45, 7) is 7.53. The fourth-order valence-electron chi connectivity index (χ4n) is 4.93. The lowest BCUT2D eigenvalue weighted by molar-refractivity contribution is -0.178. The van der Waals surface area contributed by atoms with Crippen LogP contribution in [0.15, 0.2) is 55.1 Å². The van der Waals surface area contributed by atoms with Crippen molar-refractivity contribution in [1.29, 1.82) is 0 Å². The molecular weight excluding hydrogens is 623 g/mol. The van der Waals surface area contributed by atoms with Crippen molar-refractivity contribution in [1.82, 2.24) is 19.5 Å². The molecule has 3 heterocycles. The molecule has 7 atom stereocenters. The van der Waals surface area contributed by atoms with Crippen molar-refractivity contribution in [2.75, 3.05) is 24.5 Å². The number of benzene rings is 2. The number of hydroxylamine groups is 1. The Morgan fingerprint density at radius 2 is 1.85 bits per heavy atom. The van der Waals surface area contributed by atoms with Gasteiger partial charge in [-0.15, -0.1) is 0 Å². The second kappa shape index (κ2) is 13.2. The minimum absolute atomic E-state index is 0.0894. The number of hydrogen-bond acceptors (Lipinski definition) is 14. The fourth-order valence-corrected chi connectivity index (χ4v) is 5.82. The number of carbonyl (C=O) groups excluding carboxylic acids is 1. The number of hydrogen-bond donors (Lipinski definition) is 4. The van der Waals surface area contributed by atoms with Crippen molar-refractivity contribution >= 4 is 47.2 Å². The van der Waals surface area contributed by atoms with Gasteiger partial charge in [-0.1, -0.05) is 57.2 Å². The highest BCUT2D eigenvalue weighted by molar-refractivity contribution is 7.48. The minimum atomic E-state index is -5.22. The molecular formula is C29H37N6O10P. The summed E-state index contributed by atoms with van der Waals surface area (Å²) in [7, 11) is -4.10. The number of ether oxygens (including phenoxy) is 2. The molecule has 5 N–H and O–H groups in total. The summed E-state index contributed by atoms with van der Waals surface area (Å²) in [4.78, 5) is 42.2. The minimum Gasteiger partial charge on any atom is -0.387 e. The van der Waals surface area contributed by atoms with Crippen LogP contribution in [0.1, 0.15) is 33.9 Å². The van der Waals surface area contributed by atoms with Crippen LogP contribution in [0.5, 0.6) is 0 Å². The van der Waals surface area contributed by atoms with E-state index >= 15 is 0 Å². The third kappa shape index (κ3) is 6.99. The molecule has 1 fully saturated rings. The second-order valence-corrected chi connectivity index (χ2v) is 13.3. The molecule has 248 valence electrons. The lowest BCUT2D eigenvalue weighted by Crippen LogP contribution is -2.42. The van der Waals surface area contributed by atoms with E-state index in [4.69, 9.17) is 29.1 Å².